The zero-order chi connectivity index (χ0) is 11.3. The van der Waals surface area contributed by atoms with Gasteiger partial charge < -0.3 is 15.2 Å². The molecule has 0 bridgehead atoms. The van der Waals surface area contributed by atoms with E-state index in [2.05, 4.69) is 15.0 Å². The number of aromatic carboxylic acids is 1. The van der Waals surface area contributed by atoms with Gasteiger partial charge in [0.05, 0.1) is 0 Å². The summed E-state index contributed by atoms with van der Waals surface area (Å²) < 4.78 is 4.61. The van der Waals surface area contributed by atoms with Gasteiger partial charge in [-0.05, 0) is 12.1 Å². The van der Waals surface area contributed by atoms with Crippen molar-refractivity contribution in [1.82, 2.24) is 4.98 Å². The lowest BCUT2D eigenvalue weighted by Crippen LogP contribution is -2.17. The minimum absolute atomic E-state index is 0.0786. The molecule has 0 aromatic carbocycles. The van der Waals surface area contributed by atoms with E-state index in [4.69, 9.17) is 5.11 Å². The average molecular weight is 210 g/mol. The third-order valence-electron chi connectivity index (χ3n) is 1.54. The highest BCUT2D eigenvalue weighted by Gasteiger charge is 2.06. The standard InChI is InChI=1S/C9H10N2O4/c1-15-5-8(12)11-6-2-3-10-7(4-6)9(13)14/h2-4H,5H2,1H3,(H,13,14)(H,10,11,12). The summed E-state index contributed by atoms with van der Waals surface area (Å²) in [5, 5.41) is 11.1. The Balaban J connectivity index is 2.73. The molecule has 2 N–H and O–H groups in total. The molecule has 0 saturated carbocycles. The molecule has 1 aromatic heterocycles. The van der Waals surface area contributed by atoms with Gasteiger partial charge in [-0.15, -0.1) is 0 Å². The zero-order valence-corrected chi connectivity index (χ0v) is 8.06. The third-order valence-corrected chi connectivity index (χ3v) is 1.54. The first-order valence-corrected chi connectivity index (χ1v) is 4.11. The molecular weight excluding hydrogens is 200 g/mol. The molecule has 0 aliphatic heterocycles. The van der Waals surface area contributed by atoms with Crippen molar-refractivity contribution in [1.29, 1.82) is 0 Å². The largest absolute Gasteiger partial charge is 0.477 e. The molecule has 0 atom stereocenters. The van der Waals surface area contributed by atoms with Crippen molar-refractivity contribution in [2.75, 3.05) is 19.0 Å². The number of methoxy groups -OCH3 is 1. The Kier molecular flexibility index (Phi) is 3.75. The number of carbonyl (C=O) groups excluding carboxylic acids is 1. The van der Waals surface area contributed by atoms with E-state index in [1.54, 1.807) is 0 Å². The van der Waals surface area contributed by atoms with E-state index < -0.39 is 5.97 Å². The Morgan fingerprint density at radius 1 is 1.60 bits per heavy atom. The Morgan fingerprint density at radius 2 is 2.33 bits per heavy atom. The molecule has 1 heterocycles. The molecule has 0 radical (unpaired) electrons. The van der Waals surface area contributed by atoms with Crippen LogP contribution in [0.2, 0.25) is 0 Å². The van der Waals surface area contributed by atoms with Crippen LogP contribution in [0.1, 0.15) is 10.5 Å². The molecule has 0 spiro atoms. The molecule has 15 heavy (non-hydrogen) atoms. The van der Waals surface area contributed by atoms with Gasteiger partial charge in [0.2, 0.25) is 5.91 Å². The van der Waals surface area contributed by atoms with Crippen molar-refractivity contribution in [3.05, 3.63) is 24.0 Å². The normalized spacial score (nSPS) is 9.67. The maximum absolute atomic E-state index is 11.1. The van der Waals surface area contributed by atoms with Crippen LogP contribution in [0, 0.1) is 0 Å². The molecule has 1 rings (SSSR count). The van der Waals surface area contributed by atoms with E-state index in [0.717, 1.165) is 0 Å². The Hall–Kier alpha value is -1.95. The van der Waals surface area contributed by atoms with Crippen molar-refractivity contribution in [3.8, 4) is 0 Å². The zero-order valence-electron chi connectivity index (χ0n) is 8.06. The van der Waals surface area contributed by atoms with Crippen molar-refractivity contribution in [2.24, 2.45) is 0 Å². The lowest BCUT2D eigenvalue weighted by atomic mass is 10.3. The minimum Gasteiger partial charge on any atom is -0.477 e. The second-order valence-corrected chi connectivity index (χ2v) is 2.72. The molecule has 1 aromatic rings. The van der Waals surface area contributed by atoms with Crippen LogP contribution in [-0.2, 0) is 9.53 Å². The van der Waals surface area contributed by atoms with Gasteiger partial charge in [0.1, 0.15) is 12.3 Å². The van der Waals surface area contributed by atoms with Crippen LogP contribution in [0.5, 0.6) is 0 Å². The topological polar surface area (TPSA) is 88.5 Å². The maximum Gasteiger partial charge on any atom is 0.354 e. The minimum atomic E-state index is -1.14. The first kappa shape index (κ1) is 11.1. The number of anilines is 1. The van der Waals surface area contributed by atoms with Gasteiger partial charge in [-0.25, -0.2) is 9.78 Å². The number of nitrogens with one attached hydrogen (secondary N) is 1. The summed E-state index contributed by atoms with van der Waals surface area (Å²) in [5.41, 5.74) is 0.259. The van der Waals surface area contributed by atoms with Crippen LogP contribution in [0.3, 0.4) is 0 Å². The quantitative estimate of drug-likeness (QED) is 0.749. The van der Waals surface area contributed by atoms with Crippen LogP contribution in [-0.4, -0.2) is 35.7 Å². The SMILES string of the molecule is COCC(=O)Nc1ccnc(C(=O)O)c1. The first-order valence-electron chi connectivity index (χ1n) is 4.11. The number of rotatable bonds is 4. The monoisotopic (exact) mass is 210 g/mol. The summed E-state index contributed by atoms with van der Waals surface area (Å²) in [6, 6.07) is 2.77. The van der Waals surface area contributed by atoms with E-state index in [1.807, 2.05) is 0 Å². The highest BCUT2D eigenvalue weighted by Crippen LogP contribution is 2.07. The predicted molar refractivity (Wildman–Crippen MR) is 51.7 cm³/mol. The molecule has 0 saturated heterocycles. The number of ether oxygens (including phenoxy) is 1. The summed E-state index contributed by atoms with van der Waals surface area (Å²) in [5.74, 6) is -1.49. The molecule has 6 heteroatoms. The van der Waals surface area contributed by atoms with E-state index in [1.165, 1.54) is 25.4 Å². The number of carboxylic acids is 1. The fourth-order valence-corrected chi connectivity index (χ4v) is 0.953. The van der Waals surface area contributed by atoms with Crippen LogP contribution < -0.4 is 5.32 Å². The lowest BCUT2D eigenvalue weighted by molar-refractivity contribution is -0.119. The number of carbonyl (C=O) groups is 2. The average Bonchev–Trinajstić information content (AvgIpc) is 2.18. The van der Waals surface area contributed by atoms with Gasteiger partial charge in [0.25, 0.3) is 0 Å². The number of aromatic nitrogens is 1. The van der Waals surface area contributed by atoms with Gasteiger partial charge >= 0.3 is 5.97 Å². The predicted octanol–water partition coefficient (Wildman–Crippen LogP) is 0.365. The van der Waals surface area contributed by atoms with Gasteiger partial charge in [0.15, 0.2) is 0 Å². The van der Waals surface area contributed by atoms with Gasteiger partial charge in [-0.3, -0.25) is 4.79 Å². The number of hydrogen-bond donors (Lipinski definition) is 2. The molecule has 80 valence electrons. The molecule has 0 unspecified atom stereocenters. The summed E-state index contributed by atoms with van der Waals surface area (Å²) in [6.07, 6.45) is 1.31. The van der Waals surface area contributed by atoms with Crippen LogP contribution in [0.15, 0.2) is 18.3 Å². The highest BCUT2D eigenvalue weighted by atomic mass is 16.5. The summed E-state index contributed by atoms with van der Waals surface area (Å²) in [7, 11) is 1.40. The van der Waals surface area contributed by atoms with Crippen LogP contribution >= 0.6 is 0 Å². The second-order valence-electron chi connectivity index (χ2n) is 2.72. The number of carboxylic acid groups (broad SMARTS) is 1. The Morgan fingerprint density at radius 3 is 2.93 bits per heavy atom. The van der Waals surface area contributed by atoms with Crippen molar-refractivity contribution < 1.29 is 19.4 Å². The Bertz CT molecular complexity index is 378. The van der Waals surface area contributed by atoms with E-state index in [-0.39, 0.29) is 18.2 Å². The summed E-state index contributed by atoms with van der Waals surface area (Å²) in [4.78, 5) is 25.3. The fraction of sp³-hybridized carbons (Fsp3) is 0.222. The molecule has 0 aliphatic carbocycles. The lowest BCUT2D eigenvalue weighted by Gasteiger charge is -2.04. The maximum atomic E-state index is 11.1. The van der Waals surface area contributed by atoms with E-state index in [0.29, 0.717) is 5.69 Å². The highest BCUT2D eigenvalue weighted by molar-refractivity contribution is 5.93. The van der Waals surface area contributed by atoms with Crippen LogP contribution in [0.4, 0.5) is 5.69 Å². The first-order chi connectivity index (χ1) is 7.13. The van der Waals surface area contributed by atoms with Gasteiger partial charge in [0, 0.05) is 19.0 Å². The summed E-state index contributed by atoms with van der Waals surface area (Å²) >= 11 is 0. The van der Waals surface area contributed by atoms with Crippen molar-refractivity contribution in [3.63, 3.8) is 0 Å². The molecular formula is C9H10N2O4. The Labute approximate surface area is 85.9 Å². The fourth-order valence-electron chi connectivity index (χ4n) is 0.953. The molecule has 1 amide bonds. The summed E-state index contributed by atoms with van der Waals surface area (Å²) in [6.45, 7) is -0.0786. The van der Waals surface area contributed by atoms with Crippen molar-refractivity contribution >= 4 is 17.6 Å². The van der Waals surface area contributed by atoms with Crippen molar-refractivity contribution in [2.45, 2.75) is 0 Å². The molecule has 6 nitrogen and oxygen atoms in total. The van der Waals surface area contributed by atoms with Gasteiger partial charge in [-0.1, -0.05) is 0 Å². The van der Waals surface area contributed by atoms with E-state index in [9.17, 15) is 9.59 Å². The number of nitrogens with zero attached hydrogens (tertiary/aromatic N) is 1. The number of amides is 1. The molecule has 0 fully saturated rings. The third kappa shape index (κ3) is 3.35. The number of pyridine rings is 1. The van der Waals surface area contributed by atoms with Gasteiger partial charge in [-0.2, -0.15) is 0 Å². The molecule has 0 aliphatic rings. The van der Waals surface area contributed by atoms with E-state index >= 15 is 0 Å². The smallest absolute Gasteiger partial charge is 0.354 e. The number of hydrogen-bond acceptors (Lipinski definition) is 4. The second kappa shape index (κ2) is 5.06. The van der Waals surface area contributed by atoms with Crippen LogP contribution in [0.25, 0.3) is 0 Å².